The zero-order valence-electron chi connectivity index (χ0n) is 13.9. The predicted octanol–water partition coefficient (Wildman–Crippen LogP) is 1.12. The van der Waals surface area contributed by atoms with Crippen molar-refractivity contribution in [1.29, 1.82) is 0 Å². The number of carbonyl (C=O) groups excluding carboxylic acids is 3. The van der Waals surface area contributed by atoms with Crippen LogP contribution >= 0.6 is 0 Å². The number of amides is 2. The molecule has 0 bridgehead atoms. The lowest BCUT2D eigenvalue weighted by atomic mass is 10.1. The van der Waals surface area contributed by atoms with Crippen molar-refractivity contribution in [1.82, 2.24) is 5.32 Å². The number of nitrogens with one attached hydrogen (secondary N) is 1. The molecule has 1 saturated heterocycles. The van der Waals surface area contributed by atoms with Gasteiger partial charge in [-0.25, -0.2) is 0 Å². The molecule has 2 amide bonds. The second-order valence-electron chi connectivity index (χ2n) is 5.53. The molecule has 1 aromatic rings. The third-order valence-corrected chi connectivity index (χ3v) is 3.75. The molecule has 0 spiro atoms. The maximum Gasteiger partial charge on any atom is 0.311 e. The summed E-state index contributed by atoms with van der Waals surface area (Å²) >= 11 is 0. The van der Waals surface area contributed by atoms with E-state index < -0.39 is 11.9 Å². The summed E-state index contributed by atoms with van der Waals surface area (Å²) in [4.78, 5) is 37.3. The Bertz CT molecular complexity index is 617. The summed E-state index contributed by atoms with van der Waals surface area (Å²) in [7, 11) is 1.53. The van der Waals surface area contributed by atoms with Gasteiger partial charge in [0.25, 0.3) is 5.91 Å². The molecule has 2 rings (SSSR count). The van der Waals surface area contributed by atoms with Gasteiger partial charge >= 0.3 is 5.97 Å². The van der Waals surface area contributed by atoms with Gasteiger partial charge in [-0.05, 0) is 18.6 Å². The second kappa shape index (κ2) is 8.33. The van der Waals surface area contributed by atoms with Gasteiger partial charge in [0.1, 0.15) is 5.75 Å². The molecule has 7 heteroatoms. The van der Waals surface area contributed by atoms with Crippen LogP contribution in [0.4, 0.5) is 5.69 Å². The van der Waals surface area contributed by atoms with Crippen molar-refractivity contribution < 1.29 is 23.9 Å². The van der Waals surface area contributed by atoms with Crippen LogP contribution in [0.15, 0.2) is 24.3 Å². The molecule has 1 atom stereocenters. The molecule has 1 N–H and O–H groups in total. The fourth-order valence-electron chi connectivity index (χ4n) is 2.52. The van der Waals surface area contributed by atoms with Crippen molar-refractivity contribution in [2.24, 2.45) is 5.92 Å². The number of para-hydroxylation sites is 2. The molecule has 0 aliphatic carbocycles. The van der Waals surface area contributed by atoms with Crippen molar-refractivity contribution in [3.63, 3.8) is 0 Å². The number of ether oxygens (including phenoxy) is 2. The molecule has 7 nitrogen and oxygen atoms in total. The molecule has 0 radical (unpaired) electrons. The van der Waals surface area contributed by atoms with Crippen LogP contribution in [0.3, 0.4) is 0 Å². The average Bonchev–Trinajstić information content (AvgIpc) is 2.99. The Kier molecular flexibility index (Phi) is 6.17. The van der Waals surface area contributed by atoms with Crippen LogP contribution in [0.25, 0.3) is 0 Å². The average molecular weight is 334 g/mol. The minimum absolute atomic E-state index is 0.0630. The third-order valence-electron chi connectivity index (χ3n) is 3.75. The Morgan fingerprint density at radius 3 is 2.79 bits per heavy atom. The van der Waals surface area contributed by atoms with Gasteiger partial charge in [-0.3, -0.25) is 14.4 Å². The molecule has 1 heterocycles. The number of methoxy groups -OCH3 is 1. The van der Waals surface area contributed by atoms with Gasteiger partial charge in [0.05, 0.1) is 18.7 Å². The van der Waals surface area contributed by atoms with Crippen LogP contribution in [0, 0.1) is 5.92 Å². The monoisotopic (exact) mass is 334 g/mol. The lowest BCUT2D eigenvalue weighted by molar-refractivity contribution is -0.152. The maximum atomic E-state index is 12.2. The summed E-state index contributed by atoms with van der Waals surface area (Å²) in [5.74, 6) is -1.06. The van der Waals surface area contributed by atoms with Crippen molar-refractivity contribution in [2.45, 2.75) is 19.8 Å². The molecule has 1 aliphatic rings. The van der Waals surface area contributed by atoms with Gasteiger partial charge in [0, 0.05) is 19.5 Å². The molecule has 0 aromatic heterocycles. The molecule has 130 valence electrons. The highest BCUT2D eigenvalue weighted by Crippen LogP contribution is 2.32. The number of nitrogens with zero attached hydrogens (tertiary/aromatic N) is 1. The number of hydrogen-bond acceptors (Lipinski definition) is 5. The third kappa shape index (κ3) is 4.24. The predicted molar refractivity (Wildman–Crippen MR) is 87.7 cm³/mol. The maximum absolute atomic E-state index is 12.2. The number of anilines is 1. The second-order valence-corrected chi connectivity index (χ2v) is 5.53. The molecule has 0 saturated carbocycles. The van der Waals surface area contributed by atoms with Crippen LogP contribution in [-0.2, 0) is 19.1 Å². The summed E-state index contributed by atoms with van der Waals surface area (Å²) in [5.41, 5.74) is 0.626. The number of benzene rings is 1. The molecular weight excluding hydrogens is 312 g/mol. The number of rotatable bonds is 7. The van der Waals surface area contributed by atoms with Crippen molar-refractivity contribution in [3.8, 4) is 5.75 Å². The van der Waals surface area contributed by atoms with Gasteiger partial charge in [0.15, 0.2) is 6.61 Å². The van der Waals surface area contributed by atoms with Gasteiger partial charge < -0.3 is 19.7 Å². The summed E-state index contributed by atoms with van der Waals surface area (Å²) in [5, 5.41) is 2.63. The van der Waals surface area contributed by atoms with Crippen LogP contribution in [0.2, 0.25) is 0 Å². The van der Waals surface area contributed by atoms with Gasteiger partial charge in [0.2, 0.25) is 5.91 Å². The summed E-state index contributed by atoms with van der Waals surface area (Å²) < 4.78 is 10.3. The summed E-state index contributed by atoms with van der Waals surface area (Å²) in [6.07, 6.45) is 0.873. The summed E-state index contributed by atoms with van der Waals surface area (Å²) in [6, 6.07) is 7.13. The van der Waals surface area contributed by atoms with E-state index in [0.717, 1.165) is 6.42 Å². The standard InChI is InChI=1S/C17H22N2O5/c1-3-8-18-15(20)11-24-17(22)12-9-16(21)19(10-12)13-6-4-5-7-14(13)23-2/h4-7,12H,3,8-11H2,1-2H3,(H,18,20)/t12-/m0/s1. The van der Waals surface area contributed by atoms with Gasteiger partial charge in [-0.1, -0.05) is 19.1 Å². The first kappa shape index (κ1) is 17.8. The molecule has 24 heavy (non-hydrogen) atoms. The Morgan fingerprint density at radius 2 is 2.08 bits per heavy atom. The highest BCUT2D eigenvalue weighted by atomic mass is 16.5. The van der Waals surface area contributed by atoms with Crippen molar-refractivity contribution in [2.75, 3.05) is 31.7 Å². The quantitative estimate of drug-likeness (QED) is 0.755. The van der Waals surface area contributed by atoms with E-state index in [1.54, 1.807) is 18.2 Å². The highest BCUT2D eigenvalue weighted by molar-refractivity contribution is 6.00. The van der Waals surface area contributed by atoms with Crippen molar-refractivity contribution in [3.05, 3.63) is 24.3 Å². The van der Waals surface area contributed by atoms with E-state index in [1.165, 1.54) is 12.0 Å². The van der Waals surface area contributed by atoms with E-state index in [0.29, 0.717) is 18.0 Å². The van der Waals surface area contributed by atoms with Crippen LogP contribution < -0.4 is 15.0 Å². The smallest absolute Gasteiger partial charge is 0.311 e. The van der Waals surface area contributed by atoms with E-state index in [1.807, 2.05) is 13.0 Å². The van der Waals surface area contributed by atoms with E-state index >= 15 is 0 Å². The minimum atomic E-state index is -0.582. The molecule has 1 aliphatic heterocycles. The first-order chi connectivity index (χ1) is 11.6. The number of esters is 1. The molecule has 0 unspecified atom stereocenters. The van der Waals surface area contributed by atoms with E-state index in [2.05, 4.69) is 5.32 Å². The lowest BCUT2D eigenvalue weighted by Gasteiger charge is -2.19. The van der Waals surface area contributed by atoms with E-state index in [-0.39, 0.29) is 31.4 Å². The van der Waals surface area contributed by atoms with Crippen LogP contribution in [-0.4, -0.2) is 44.6 Å². The van der Waals surface area contributed by atoms with E-state index in [9.17, 15) is 14.4 Å². The Labute approximate surface area is 140 Å². The molecular formula is C17H22N2O5. The number of hydrogen-bond donors (Lipinski definition) is 1. The lowest BCUT2D eigenvalue weighted by Crippen LogP contribution is -2.31. The Morgan fingerprint density at radius 1 is 1.33 bits per heavy atom. The first-order valence-corrected chi connectivity index (χ1v) is 7.93. The first-order valence-electron chi connectivity index (χ1n) is 7.93. The number of carbonyl (C=O) groups is 3. The highest BCUT2D eigenvalue weighted by Gasteiger charge is 2.37. The Balaban J connectivity index is 1.94. The zero-order valence-corrected chi connectivity index (χ0v) is 13.9. The fourth-order valence-corrected chi connectivity index (χ4v) is 2.52. The molecule has 1 fully saturated rings. The SMILES string of the molecule is CCCNC(=O)COC(=O)[C@H]1CC(=O)N(c2ccccc2OC)C1. The largest absolute Gasteiger partial charge is 0.495 e. The topological polar surface area (TPSA) is 84.9 Å². The van der Waals surface area contributed by atoms with E-state index in [4.69, 9.17) is 9.47 Å². The van der Waals surface area contributed by atoms with Crippen LogP contribution in [0.1, 0.15) is 19.8 Å². The zero-order chi connectivity index (χ0) is 17.5. The van der Waals surface area contributed by atoms with Gasteiger partial charge in [-0.2, -0.15) is 0 Å². The van der Waals surface area contributed by atoms with Crippen LogP contribution in [0.5, 0.6) is 5.75 Å². The minimum Gasteiger partial charge on any atom is -0.495 e. The Hall–Kier alpha value is -2.57. The fraction of sp³-hybridized carbons (Fsp3) is 0.471. The van der Waals surface area contributed by atoms with Gasteiger partial charge in [-0.15, -0.1) is 0 Å². The normalized spacial score (nSPS) is 16.8. The van der Waals surface area contributed by atoms with Crippen molar-refractivity contribution >= 4 is 23.5 Å². The molecule has 1 aromatic carbocycles. The summed E-state index contributed by atoms with van der Waals surface area (Å²) in [6.45, 7) is 2.37.